The Morgan fingerprint density at radius 3 is 1.95 bits per heavy atom. The van der Waals surface area contributed by atoms with Gasteiger partial charge < -0.3 is 50.6 Å². The van der Waals surface area contributed by atoms with Crippen molar-refractivity contribution in [2.24, 2.45) is 0 Å². The number of aryl methyl sites for hydroxylation is 1. The number of rotatable bonds is 23. The molecule has 0 spiro atoms. The monoisotopic (exact) mass is 900 g/mol. The number of esters is 1. The number of hydrogen-bond donors (Lipinski definition) is 6. The van der Waals surface area contributed by atoms with Crippen LogP contribution in [-0.4, -0.2) is 115 Å². The van der Waals surface area contributed by atoms with Gasteiger partial charge in [-0.1, -0.05) is 121 Å². The van der Waals surface area contributed by atoms with Crippen LogP contribution in [0.4, 0.5) is 0 Å². The van der Waals surface area contributed by atoms with E-state index < -0.39 is 41.7 Å². The first-order valence-electron chi connectivity index (χ1n) is 23.0. The largest absolute Gasteiger partial charge is 0.493 e. The molecule has 1 aliphatic carbocycles. The van der Waals surface area contributed by atoms with Gasteiger partial charge in [-0.15, -0.1) is 0 Å². The molecule has 1 aliphatic rings. The number of benzene rings is 2. The van der Waals surface area contributed by atoms with Gasteiger partial charge in [-0.3, -0.25) is 19.2 Å². The Labute approximate surface area is 383 Å². The lowest BCUT2D eigenvalue weighted by Gasteiger charge is -2.30. The molecule has 2 aromatic rings. The summed E-state index contributed by atoms with van der Waals surface area (Å²) in [5.74, 6) is -0.628. The molecule has 1 saturated carbocycles. The smallest absolute Gasteiger partial charge is 0.333 e. The molecule has 6 N–H and O–H groups in total. The van der Waals surface area contributed by atoms with Crippen LogP contribution in [0.5, 0.6) is 5.75 Å². The number of aliphatic hydroxyl groups excluding tert-OH is 2. The maximum Gasteiger partial charge on any atom is 0.333 e. The molecule has 64 heavy (non-hydrogen) atoms. The Balaban J connectivity index is 0.000000890. The molecule has 0 aliphatic heterocycles. The van der Waals surface area contributed by atoms with E-state index in [0.29, 0.717) is 50.5 Å². The van der Waals surface area contributed by atoms with Gasteiger partial charge in [0.25, 0.3) is 0 Å². The molecular weight excluding hydrogens is 819 g/mol. The highest BCUT2D eigenvalue weighted by Crippen LogP contribution is 2.19. The number of nitrogens with one attached hydrogen (secondary N) is 4. The fraction of sp³-hybridized carbons (Fsp3) is 0.633. The molecule has 3 rings (SSSR count). The summed E-state index contributed by atoms with van der Waals surface area (Å²) in [4.78, 5) is 70.9. The summed E-state index contributed by atoms with van der Waals surface area (Å²) in [5, 5.41) is 29.1. The molecule has 5 unspecified atom stereocenters. The second kappa shape index (κ2) is 35.5. The third kappa shape index (κ3) is 28.0. The highest BCUT2D eigenvalue weighted by Gasteiger charge is 2.30. The Kier molecular flexibility index (Phi) is 32.8. The summed E-state index contributed by atoms with van der Waals surface area (Å²) in [6, 6.07) is 14.9. The van der Waals surface area contributed by atoms with Crippen LogP contribution in [0.2, 0.25) is 0 Å². The molecule has 5 atom stereocenters. The van der Waals surface area contributed by atoms with Gasteiger partial charge in [-0.05, 0) is 77.3 Å². The van der Waals surface area contributed by atoms with Gasteiger partial charge in [0.05, 0.1) is 31.8 Å². The van der Waals surface area contributed by atoms with Crippen molar-refractivity contribution >= 4 is 36.4 Å². The quantitative estimate of drug-likeness (QED) is 0.0585. The lowest BCUT2D eigenvalue weighted by atomic mass is 10.0. The number of unbranched alkanes of at least 4 members (excludes halogenated alkanes) is 1. The van der Waals surface area contributed by atoms with Crippen LogP contribution in [0.3, 0.4) is 0 Å². The number of aliphatic hydroxyl groups is 2. The molecule has 0 bridgehead atoms. The SMILES string of the molecule is C1CCCCC1.CCCCC(C(=O)NC(CCC)C(O)C=O)N(C)C(=O)CNC=O.CCc1cccc(OCCC(C)O)c1.CNCC(=O)NC(C(=O)OC(C)(C)C)c1ccccc1. The van der Waals surface area contributed by atoms with Gasteiger partial charge in [-0.25, -0.2) is 4.79 Å². The highest BCUT2D eigenvalue weighted by molar-refractivity contribution is 5.89. The van der Waals surface area contributed by atoms with Crippen molar-refractivity contribution in [1.82, 2.24) is 26.2 Å². The number of amides is 4. The van der Waals surface area contributed by atoms with Crippen LogP contribution in [0.1, 0.15) is 143 Å². The fourth-order valence-electron chi connectivity index (χ4n) is 6.26. The van der Waals surface area contributed by atoms with E-state index in [-0.39, 0.29) is 31.0 Å². The molecule has 15 nitrogen and oxygen atoms in total. The number of likely N-dealkylation sites (N-methyl/N-ethyl adjacent to an activating group) is 2. The second-order valence-corrected chi connectivity index (χ2v) is 16.8. The number of nitrogens with zero attached hydrogens (tertiary/aromatic N) is 1. The average molecular weight is 900 g/mol. The second-order valence-electron chi connectivity index (χ2n) is 16.8. The minimum Gasteiger partial charge on any atom is -0.493 e. The van der Waals surface area contributed by atoms with Gasteiger partial charge in [0, 0.05) is 13.5 Å². The average Bonchev–Trinajstić information content (AvgIpc) is 3.28. The predicted molar refractivity (Wildman–Crippen MR) is 251 cm³/mol. The van der Waals surface area contributed by atoms with E-state index >= 15 is 0 Å². The van der Waals surface area contributed by atoms with E-state index in [2.05, 4.69) is 34.3 Å². The molecule has 0 heterocycles. The van der Waals surface area contributed by atoms with Gasteiger partial charge >= 0.3 is 5.97 Å². The van der Waals surface area contributed by atoms with Crippen LogP contribution in [0, 0.1) is 0 Å². The Hall–Kier alpha value is -4.86. The first-order valence-corrected chi connectivity index (χ1v) is 23.0. The molecule has 362 valence electrons. The molecule has 0 radical (unpaired) electrons. The number of hydrogen-bond acceptors (Lipinski definition) is 11. The first-order chi connectivity index (χ1) is 30.5. The van der Waals surface area contributed by atoms with Crippen LogP contribution < -0.4 is 26.0 Å². The summed E-state index contributed by atoms with van der Waals surface area (Å²) in [7, 11) is 3.17. The number of carbonyl (C=O) groups excluding carboxylic acids is 6. The van der Waals surface area contributed by atoms with Crippen molar-refractivity contribution in [2.75, 3.05) is 33.8 Å². The van der Waals surface area contributed by atoms with Gasteiger partial charge in [0.15, 0.2) is 12.3 Å². The van der Waals surface area contributed by atoms with Crippen molar-refractivity contribution in [2.45, 2.75) is 168 Å². The molecule has 4 amide bonds. The Morgan fingerprint density at radius 1 is 0.828 bits per heavy atom. The number of carbonyl (C=O) groups is 6. The minimum absolute atomic E-state index is 0.145. The van der Waals surface area contributed by atoms with Crippen LogP contribution in [0.15, 0.2) is 54.6 Å². The summed E-state index contributed by atoms with van der Waals surface area (Å²) in [5.41, 5.74) is 1.38. The third-order valence-electron chi connectivity index (χ3n) is 9.84. The first kappa shape index (κ1) is 59.1. The zero-order valence-corrected chi connectivity index (χ0v) is 40.2. The Morgan fingerprint density at radius 2 is 1.45 bits per heavy atom. The van der Waals surface area contributed by atoms with Crippen LogP contribution >= 0.6 is 0 Å². The Bertz CT molecular complexity index is 1570. The van der Waals surface area contributed by atoms with E-state index in [1.165, 1.54) is 56.0 Å². The summed E-state index contributed by atoms with van der Waals surface area (Å²) in [6.45, 7) is 13.7. The molecule has 0 saturated heterocycles. The fourth-order valence-corrected chi connectivity index (χ4v) is 6.26. The normalized spacial score (nSPS) is 14.2. The summed E-state index contributed by atoms with van der Waals surface area (Å²) < 4.78 is 10.9. The van der Waals surface area contributed by atoms with Crippen molar-refractivity contribution in [3.8, 4) is 5.75 Å². The molecule has 2 aromatic carbocycles. The van der Waals surface area contributed by atoms with Crippen LogP contribution in [0.25, 0.3) is 0 Å². The third-order valence-corrected chi connectivity index (χ3v) is 9.84. The van der Waals surface area contributed by atoms with E-state index in [1.54, 1.807) is 46.9 Å². The summed E-state index contributed by atoms with van der Waals surface area (Å²) in [6.07, 6.45) is 13.1. The minimum atomic E-state index is -1.28. The molecular formula is C49H81N5O10. The van der Waals surface area contributed by atoms with E-state index in [1.807, 2.05) is 50.2 Å². The molecule has 1 fully saturated rings. The topological polar surface area (TPSA) is 213 Å². The number of aldehydes is 1. The molecule has 0 aromatic heterocycles. The van der Waals surface area contributed by atoms with E-state index in [9.17, 15) is 33.9 Å². The van der Waals surface area contributed by atoms with E-state index in [4.69, 9.17) is 14.6 Å². The lowest BCUT2D eigenvalue weighted by molar-refractivity contribution is -0.158. The maximum absolute atomic E-state index is 12.6. The molecule has 15 heteroatoms. The number of ether oxygens (including phenoxy) is 2. The van der Waals surface area contributed by atoms with E-state index in [0.717, 1.165) is 25.0 Å². The predicted octanol–water partition coefficient (Wildman–Crippen LogP) is 5.74. The van der Waals surface area contributed by atoms with Crippen molar-refractivity contribution < 1.29 is 48.5 Å². The van der Waals surface area contributed by atoms with Gasteiger partial charge in [0.1, 0.15) is 23.5 Å². The summed E-state index contributed by atoms with van der Waals surface area (Å²) >= 11 is 0. The zero-order valence-electron chi connectivity index (χ0n) is 40.2. The lowest BCUT2D eigenvalue weighted by Crippen LogP contribution is -2.54. The highest BCUT2D eigenvalue weighted by atomic mass is 16.6. The van der Waals surface area contributed by atoms with Crippen LogP contribution in [-0.2, 0) is 39.9 Å². The zero-order chi connectivity index (χ0) is 48.3. The van der Waals surface area contributed by atoms with Crippen molar-refractivity contribution in [3.05, 3.63) is 65.7 Å². The van der Waals surface area contributed by atoms with Gasteiger partial charge in [-0.2, -0.15) is 0 Å². The van der Waals surface area contributed by atoms with Gasteiger partial charge in [0.2, 0.25) is 24.1 Å². The van der Waals surface area contributed by atoms with Crippen molar-refractivity contribution in [3.63, 3.8) is 0 Å². The standard InChI is InChI=1S/C16H29N3O5.C15H22N2O3.C12H18O2.C6H12/c1-4-6-8-13(19(3)15(23)9-17-11-21)16(24)18-12(7-5-2)14(22)10-20;1-15(2,3)20-14(19)13(17-12(18)10-16-4)11-8-6-5-7-9-11;1-3-11-5-4-6-12(9-11)14-8-7-10(2)13;1-2-4-6-5-3-1/h10-14,22H,4-9H2,1-3H3,(H,17,21)(H,18,24);5-9,13,16H,10H2,1-4H3,(H,17,18);4-6,9-10,13H,3,7-8H2,1-2H3;1-6H2. The maximum atomic E-state index is 12.6. The van der Waals surface area contributed by atoms with Crippen molar-refractivity contribution in [1.29, 1.82) is 0 Å².